The second kappa shape index (κ2) is 10.7. The molecule has 0 saturated carbocycles. The zero-order valence-corrected chi connectivity index (χ0v) is 22.7. The molecule has 3 N–H and O–H groups in total. The number of aryl methyl sites for hydroxylation is 1. The predicted octanol–water partition coefficient (Wildman–Crippen LogP) is 6.41. The number of rotatable bonds is 7. The number of hydrogen-bond acceptors (Lipinski definition) is 6. The summed E-state index contributed by atoms with van der Waals surface area (Å²) in [7, 11) is 5.05. The summed E-state index contributed by atoms with van der Waals surface area (Å²) < 4.78 is 5.62. The Morgan fingerprint density at radius 1 is 1.00 bits per heavy atom. The minimum atomic E-state index is -0.230. The van der Waals surface area contributed by atoms with E-state index >= 15 is 0 Å². The molecule has 2 heterocycles. The van der Waals surface area contributed by atoms with Crippen LogP contribution in [-0.2, 0) is 12.8 Å². The van der Waals surface area contributed by atoms with Crippen molar-refractivity contribution in [2.75, 3.05) is 31.8 Å². The topological polar surface area (TPSA) is 88.2 Å². The molecule has 0 unspecified atom stereocenters. The van der Waals surface area contributed by atoms with Gasteiger partial charge in [-0.3, -0.25) is 4.79 Å². The average Bonchev–Trinajstić information content (AvgIpc) is 3.42. The van der Waals surface area contributed by atoms with Gasteiger partial charge in [0, 0.05) is 42.7 Å². The van der Waals surface area contributed by atoms with Crippen LogP contribution in [0.3, 0.4) is 0 Å². The van der Waals surface area contributed by atoms with Gasteiger partial charge in [0.15, 0.2) is 0 Å². The van der Waals surface area contributed by atoms with E-state index in [1.165, 1.54) is 11.1 Å². The van der Waals surface area contributed by atoms with Crippen LogP contribution >= 0.6 is 11.6 Å². The lowest BCUT2D eigenvalue weighted by molar-refractivity contribution is 0.0964. The number of benzene rings is 2. The fourth-order valence-electron chi connectivity index (χ4n) is 5.10. The molecule has 0 atom stereocenters. The number of carbonyl (C=O) groups excluding carboxylic acids is 1. The fourth-order valence-corrected chi connectivity index (χ4v) is 5.42. The van der Waals surface area contributed by atoms with Crippen molar-refractivity contribution in [3.63, 3.8) is 0 Å². The lowest BCUT2D eigenvalue weighted by Crippen LogP contribution is -2.21. The summed E-state index contributed by atoms with van der Waals surface area (Å²) in [5.41, 5.74) is 8.95. The molecule has 1 amide bonds. The van der Waals surface area contributed by atoms with Gasteiger partial charge in [0.2, 0.25) is 5.88 Å². The number of hydrogen-bond donors (Lipinski definition) is 3. The number of nitrogens with one attached hydrogen (secondary N) is 3. The van der Waals surface area contributed by atoms with Crippen molar-refractivity contribution < 1.29 is 9.53 Å². The van der Waals surface area contributed by atoms with Gasteiger partial charge in [-0.25, -0.2) is 9.97 Å². The fraction of sp³-hybridized carbons (Fsp3) is 0.233. The van der Waals surface area contributed by atoms with Crippen LogP contribution in [0.25, 0.3) is 22.4 Å². The van der Waals surface area contributed by atoms with Crippen LogP contribution in [0.1, 0.15) is 33.5 Å². The third-order valence-electron chi connectivity index (χ3n) is 7.07. The smallest absolute Gasteiger partial charge is 0.256 e. The van der Waals surface area contributed by atoms with E-state index < -0.39 is 0 Å². The second-order valence-electron chi connectivity index (χ2n) is 9.19. The number of nitrogens with zero attached hydrogens (tertiary/aromatic N) is 2. The molecule has 2 aromatic carbocycles. The van der Waals surface area contributed by atoms with E-state index in [-0.39, 0.29) is 5.91 Å². The van der Waals surface area contributed by atoms with E-state index in [4.69, 9.17) is 21.3 Å². The van der Waals surface area contributed by atoms with Crippen molar-refractivity contribution in [2.45, 2.75) is 26.2 Å². The summed E-state index contributed by atoms with van der Waals surface area (Å²) in [5.74, 6) is 0.916. The monoisotopic (exact) mass is 527 g/mol. The van der Waals surface area contributed by atoms with E-state index in [0.717, 1.165) is 52.9 Å². The third-order valence-corrected chi connectivity index (χ3v) is 7.48. The number of methoxy groups -OCH3 is 1. The molecular weight excluding hydrogens is 498 g/mol. The number of carbonyl (C=O) groups is 1. The maximum atomic E-state index is 12.6. The Bertz CT molecular complexity index is 1540. The second-order valence-corrected chi connectivity index (χ2v) is 9.57. The van der Waals surface area contributed by atoms with Crippen LogP contribution in [0.5, 0.6) is 5.88 Å². The third kappa shape index (κ3) is 4.54. The molecule has 0 spiro atoms. The van der Waals surface area contributed by atoms with Crippen molar-refractivity contribution >= 4 is 34.7 Å². The van der Waals surface area contributed by atoms with Crippen molar-refractivity contribution in [1.29, 1.82) is 0 Å². The molecule has 0 aliphatic heterocycles. The van der Waals surface area contributed by atoms with Gasteiger partial charge < -0.3 is 20.7 Å². The number of anilines is 3. The van der Waals surface area contributed by atoms with Gasteiger partial charge in [0.1, 0.15) is 11.4 Å². The molecule has 38 heavy (non-hydrogen) atoms. The lowest BCUT2D eigenvalue weighted by atomic mass is 9.96. The number of pyridine rings is 2. The first-order valence-corrected chi connectivity index (χ1v) is 13.0. The molecule has 5 rings (SSSR count). The Morgan fingerprint density at radius 3 is 2.53 bits per heavy atom. The van der Waals surface area contributed by atoms with Crippen LogP contribution in [0, 0.1) is 6.92 Å². The van der Waals surface area contributed by atoms with Gasteiger partial charge >= 0.3 is 0 Å². The Balaban J connectivity index is 1.56. The number of amides is 1. The summed E-state index contributed by atoms with van der Waals surface area (Å²) in [6, 6.07) is 15.9. The van der Waals surface area contributed by atoms with Crippen molar-refractivity contribution in [1.82, 2.24) is 15.3 Å². The molecule has 0 radical (unpaired) electrons. The number of fused-ring (bicyclic) bond motifs is 1. The highest BCUT2D eigenvalue weighted by atomic mass is 35.5. The van der Waals surface area contributed by atoms with Gasteiger partial charge in [-0.2, -0.15) is 0 Å². The van der Waals surface area contributed by atoms with Crippen LogP contribution in [0.15, 0.2) is 54.7 Å². The maximum absolute atomic E-state index is 12.6. The Morgan fingerprint density at radius 2 is 1.76 bits per heavy atom. The van der Waals surface area contributed by atoms with Crippen LogP contribution in [0.2, 0.25) is 5.02 Å². The van der Waals surface area contributed by atoms with Gasteiger partial charge in [0.05, 0.1) is 23.5 Å². The van der Waals surface area contributed by atoms with Crippen LogP contribution < -0.4 is 20.7 Å². The zero-order valence-electron chi connectivity index (χ0n) is 21.9. The normalized spacial score (nSPS) is 12.1. The quantitative estimate of drug-likeness (QED) is 0.257. The van der Waals surface area contributed by atoms with Crippen LogP contribution in [-0.4, -0.2) is 37.1 Å². The summed E-state index contributed by atoms with van der Waals surface area (Å²) in [4.78, 5) is 21.9. The van der Waals surface area contributed by atoms with E-state index in [9.17, 15) is 4.79 Å². The van der Waals surface area contributed by atoms with Gasteiger partial charge in [-0.15, -0.1) is 0 Å². The molecular formula is C30H30ClN5O2. The van der Waals surface area contributed by atoms with E-state index in [1.807, 2.05) is 43.3 Å². The first-order chi connectivity index (χ1) is 18.5. The lowest BCUT2D eigenvalue weighted by Gasteiger charge is -2.18. The Labute approximate surface area is 227 Å². The highest BCUT2D eigenvalue weighted by Gasteiger charge is 2.22. The largest absolute Gasteiger partial charge is 0.481 e. The number of aromatic nitrogens is 2. The predicted molar refractivity (Wildman–Crippen MR) is 154 cm³/mol. The number of ether oxygens (including phenoxy) is 1. The maximum Gasteiger partial charge on any atom is 0.256 e. The molecule has 0 fully saturated rings. The van der Waals surface area contributed by atoms with Crippen molar-refractivity contribution in [2.24, 2.45) is 0 Å². The van der Waals surface area contributed by atoms with E-state index in [2.05, 4.69) is 27.0 Å². The average molecular weight is 528 g/mol. The first kappa shape index (κ1) is 25.5. The molecule has 1 aliphatic carbocycles. The first-order valence-electron chi connectivity index (χ1n) is 12.6. The summed E-state index contributed by atoms with van der Waals surface area (Å²) >= 11 is 7.06. The zero-order chi connectivity index (χ0) is 26.8. The molecule has 2 aromatic heterocycles. The van der Waals surface area contributed by atoms with E-state index in [0.29, 0.717) is 28.0 Å². The van der Waals surface area contributed by atoms with Crippen LogP contribution in [0.4, 0.5) is 17.2 Å². The standard InChI is InChI=1S/C30H30ClN5O2/c1-17-19(9-7-13-23(17)35-28-26(29(37)33-3)24(32-2)14-15-34-28)21-11-6-12-22(27(21)31)25-16-18-8-5-10-20(18)30(36-25)38-4/h6-7,9,11-16H,5,8,10H2,1-4H3,(H,33,37)(H2,32,34,35). The molecule has 194 valence electrons. The highest BCUT2D eigenvalue weighted by molar-refractivity contribution is 6.36. The Kier molecular flexibility index (Phi) is 7.20. The Hall–Kier alpha value is -4.10. The van der Waals surface area contributed by atoms with Crippen molar-refractivity contribution in [3.05, 3.63) is 82.0 Å². The van der Waals surface area contributed by atoms with E-state index in [1.54, 1.807) is 33.5 Å². The summed E-state index contributed by atoms with van der Waals surface area (Å²) in [6.45, 7) is 2.03. The summed E-state index contributed by atoms with van der Waals surface area (Å²) in [6.07, 6.45) is 4.79. The molecule has 4 aromatic rings. The molecule has 8 heteroatoms. The molecule has 0 bridgehead atoms. The minimum Gasteiger partial charge on any atom is -0.481 e. The molecule has 1 aliphatic rings. The van der Waals surface area contributed by atoms with Gasteiger partial charge in [-0.1, -0.05) is 41.9 Å². The minimum absolute atomic E-state index is 0.230. The summed E-state index contributed by atoms with van der Waals surface area (Å²) in [5, 5.41) is 9.76. The van der Waals surface area contributed by atoms with Gasteiger partial charge in [-0.05, 0) is 61.1 Å². The van der Waals surface area contributed by atoms with Gasteiger partial charge in [0.25, 0.3) is 5.91 Å². The van der Waals surface area contributed by atoms with Crippen molar-refractivity contribution in [3.8, 4) is 28.3 Å². The number of halogens is 1. The molecule has 7 nitrogen and oxygen atoms in total. The molecule has 0 saturated heterocycles. The highest BCUT2D eigenvalue weighted by Crippen LogP contribution is 2.41. The SMILES string of the molecule is CNC(=O)c1c(NC)ccnc1Nc1cccc(-c2cccc(-c3cc4c(c(OC)n3)CCC4)c2Cl)c1C.